The van der Waals surface area contributed by atoms with Gasteiger partial charge in [0.1, 0.15) is 11.2 Å². The molecule has 34 heavy (non-hydrogen) atoms. The number of hydrogen-bond donors (Lipinski definition) is 1. The lowest BCUT2D eigenvalue weighted by molar-refractivity contribution is -0.137. The van der Waals surface area contributed by atoms with Gasteiger partial charge in [-0.15, -0.1) is 0 Å². The lowest BCUT2D eigenvalue weighted by atomic mass is 9.93. The molecule has 1 saturated carbocycles. The number of hydrogen-bond acceptors (Lipinski definition) is 5. The number of aliphatic hydroxyl groups excluding tert-OH is 1. The van der Waals surface area contributed by atoms with E-state index in [1.54, 1.807) is 34.8 Å². The van der Waals surface area contributed by atoms with Crippen LogP contribution in [0.25, 0.3) is 33.4 Å². The number of pyridine rings is 1. The Labute approximate surface area is 192 Å². The SMILES string of the molecule is Cn1cc(-c2nc(-c3ccc(C(F)(F)F)cc3)cc3c(=O)n(C4CCC(O)CC4)cnc23)cn1. The lowest BCUT2D eigenvalue weighted by Crippen LogP contribution is -2.29. The summed E-state index contributed by atoms with van der Waals surface area (Å²) in [4.78, 5) is 22.7. The quantitative estimate of drug-likeness (QED) is 0.482. The zero-order chi connectivity index (χ0) is 24.0. The fraction of sp³-hybridized carbons (Fsp3) is 0.333. The van der Waals surface area contributed by atoms with Crippen LogP contribution < -0.4 is 5.56 Å². The number of alkyl halides is 3. The minimum atomic E-state index is -4.44. The van der Waals surface area contributed by atoms with Crippen LogP contribution in [0.2, 0.25) is 0 Å². The standard InChI is InChI=1S/C24H22F3N5O2/c1-31-12-15(11-29-31)21-22-19(23(34)32(13-28-22)17-6-8-18(33)9-7-17)10-20(30-21)14-2-4-16(5-3-14)24(25,26)27/h2-5,10-13,17-18,33H,6-9H2,1H3. The molecule has 1 N–H and O–H groups in total. The summed E-state index contributed by atoms with van der Waals surface area (Å²) in [5.41, 5.74) is 1.31. The maximum atomic E-state index is 13.5. The van der Waals surface area contributed by atoms with E-state index >= 15 is 0 Å². The van der Waals surface area contributed by atoms with Gasteiger partial charge in [0.25, 0.3) is 5.56 Å². The molecule has 0 saturated heterocycles. The molecule has 1 aliphatic rings. The van der Waals surface area contributed by atoms with Crippen LogP contribution in [-0.2, 0) is 13.2 Å². The summed E-state index contributed by atoms with van der Waals surface area (Å²) in [7, 11) is 1.75. The summed E-state index contributed by atoms with van der Waals surface area (Å²) in [5.74, 6) is 0. The molecule has 0 aliphatic heterocycles. The van der Waals surface area contributed by atoms with E-state index in [0.717, 1.165) is 12.1 Å². The first-order chi connectivity index (χ1) is 16.2. The number of aromatic nitrogens is 5. The van der Waals surface area contributed by atoms with Crippen LogP contribution in [0, 0.1) is 0 Å². The summed E-state index contributed by atoms with van der Waals surface area (Å²) in [6.45, 7) is 0. The van der Waals surface area contributed by atoms with E-state index in [-0.39, 0.29) is 17.7 Å². The number of aliphatic hydroxyl groups is 1. The number of benzene rings is 1. The molecule has 1 fully saturated rings. The molecular formula is C24H22F3N5O2. The van der Waals surface area contributed by atoms with E-state index in [4.69, 9.17) is 0 Å². The molecule has 0 unspecified atom stereocenters. The Hall–Kier alpha value is -3.53. The molecule has 0 radical (unpaired) electrons. The summed E-state index contributed by atoms with van der Waals surface area (Å²) in [5, 5.41) is 14.3. The van der Waals surface area contributed by atoms with Crippen molar-refractivity contribution in [2.45, 2.75) is 44.0 Å². The van der Waals surface area contributed by atoms with Crippen LogP contribution in [0.5, 0.6) is 0 Å². The molecule has 0 bridgehead atoms. The van der Waals surface area contributed by atoms with Crippen molar-refractivity contribution in [2.24, 2.45) is 7.05 Å². The van der Waals surface area contributed by atoms with E-state index in [2.05, 4.69) is 15.1 Å². The number of aryl methyl sites for hydroxylation is 1. The van der Waals surface area contributed by atoms with Gasteiger partial charge in [0.2, 0.25) is 0 Å². The van der Waals surface area contributed by atoms with Gasteiger partial charge < -0.3 is 5.11 Å². The minimum absolute atomic E-state index is 0.0719. The molecule has 5 rings (SSSR count). The average Bonchev–Trinajstić information content (AvgIpc) is 3.25. The topological polar surface area (TPSA) is 85.8 Å². The maximum Gasteiger partial charge on any atom is 0.416 e. The zero-order valence-corrected chi connectivity index (χ0v) is 18.3. The number of fused-ring (bicyclic) bond motifs is 1. The van der Waals surface area contributed by atoms with Crippen LogP contribution in [0.15, 0.2) is 53.8 Å². The van der Waals surface area contributed by atoms with Gasteiger partial charge in [-0.05, 0) is 43.9 Å². The number of nitrogens with zero attached hydrogens (tertiary/aromatic N) is 5. The second-order valence-corrected chi connectivity index (χ2v) is 8.65. The maximum absolute atomic E-state index is 13.5. The highest BCUT2D eigenvalue weighted by molar-refractivity contribution is 5.93. The second kappa shape index (κ2) is 8.35. The second-order valence-electron chi connectivity index (χ2n) is 8.65. The summed E-state index contributed by atoms with van der Waals surface area (Å²) < 4.78 is 42.3. The number of rotatable bonds is 3. The van der Waals surface area contributed by atoms with Gasteiger partial charge in [0, 0.05) is 30.4 Å². The van der Waals surface area contributed by atoms with Crippen molar-refractivity contribution in [3.05, 3.63) is 65.0 Å². The number of halogens is 3. The molecule has 10 heteroatoms. The van der Waals surface area contributed by atoms with Crippen molar-refractivity contribution < 1.29 is 18.3 Å². The van der Waals surface area contributed by atoms with Crippen LogP contribution in [0.4, 0.5) is 13.2 Å². The first kappa shape index (κ1) is 22.3. The van der Waals surface area contributed by atoms with Crippen LogP contribution in [0.1, 0.15) is 37.3 Å². The van der Waals surface area contributed by atoms with Gasteiger partial charge >= 0.3 is 6.18 Å². The highest BCUT2D eigenvalue weighted by atomic mass is 19.4. The molecule has 4 aromatic rings. The van der Waals surface area contributed by atoms with Gasteiger partial charge in [0.15, 0.2) is 0 Å². The lowest BCUT2D eigenvalue weighted by Gasteiger charge is -2.27. The van der Waals surface area contributed by atoms with Crippen LogP contribution in [-0.4, -0.2) is 35.5 Å². The summed E-state index contributed by atoms with van der Waals surface area (Å²) in [6, 6.07) is 6.21. The molecule has 3 heterocycles. The van der Waals surface area contributed by atoms with Gasteiger partial charge in [-0.3, -0.25) is 14.0 Å². The highest BCUT2D eigenvalue weighted by Gasteiger charge is 2.30. The molecule has 0 spiro atoms. The Morgan fingerprint density at radius 1 is 1.06 bits per heavy atom. The smallest absolute Gasteiger partial charge is 0.393 e. The van der Waals surface area contributed by atoms with Crippen molar-refractivity contribution >= 4 is 10.9 Å². The van der Waals surface area contributed by atoms with Crippen LogP contribution >= 0.6 is 0 Å². The van der Waals surface area contributed by atoms with Gasteiger partial charge in [-0.2, -0.15) is 18.3 Å². The van der Waals surface area contributed by atoms with Crippen molar-refractivity contribution in [3.8, 4) is 22.5 Å². The first-order valence-electron chi connectivity index (χ1n) is 11.0. The normalized spacial score (nSPS) is 19.0. The van der Waals surface area contributed by atoms with E-state index in [1.165, 1.54) is 18.5 Å². The highest BCUT2D eigenvalue weighted by Crippen LogP contribution is 2.33. The fourth-order valence-corrected chi connectivity index (χ4v) is 4.46. The largest absolute Gasteiger partial charge is 0.416 e. The van der Waals surface area contributed by atoms with E-state index < -0.39 is 11.7 Å². The van der Waals surface area contributed by atoms with Crippen LogP contribution in [0.3, 0.4) is 0 Å². The fourth-order valence-electron chi connectivity index (χ4n) is 4.46. The summed E-state index contributed by atoms with van der Waals surface area (Å²) in [6.07, 6.45) is 2.64. The summed E-state index contributed by atoms with van der Waals surface area (Å²) >= 11 is 0. The van der Waals surface area contributed by atoms with Gasteiger partial charge in [0.05, 0.1) is 35.3 Å². The molecule has 7 nitrogen and oxygen atoms in total. The molecule has 0 atom stereocenters. The molecule has 3 aromatic heterocycles. The van der Waals surface area contributed by atoms with Crippen molar-refractivity contribution in [3.63, 3.8) is 0 Å². The Balaban J connectivity index is 1.68. The van der Waals surface area contributed by atoms with Crippen molar-refractivity contribution in [1.29, 1.82) is 0 Å². The third kappa shape index (κ3) is 4.09. The molecule has 1 aliphatic carbocycles. The Bertz CT molecular complexity index is 1400. The molecule has 176 valence electrons. The Morgan fingerprint density at radius 3 is 2.38 bits per heavy atom. The Morgan fingerprint density at radius 2 is 1.76 bits per heavy atom. The van der Waals surface area contributed by atoms with Crippen molar-refractivity contribution in [1.82, 2.24) is 24.3 Å². The predicted molar refractivity (Wildman–Crippen MR) is 120 cm³/mol. The zero-order valence-electron chi connectivity index (χ0n) is 18.3. The predicted octanol–water partition coefficient (Wildman–Crippen LogP) is 4.35. The first-order valence-corrected chi connectivity index (χ1v) is 11.0. The monoisotopic (exact) mass is 469 g/mol. The average molecular weight is 469 g/mol. The molecular weight excluding hydrogens is 447 g/mol. The molecule has 1 aromatic carbocycles. The van der Waals surface area contributed by atoms with E-state index in [9.17, 15) is 23.1 Å². The minimum Gasteiger partial charge on any atom is -0.393 e. The third-order valence-electron chi connectivity index (χ3n) is 6.31. The van der Waals surface area contributed by atoms with E-state index in [1.807, 2.05) is 0 Å². The van der Waals surface area contributed by atoms with E-state index in [0.29, 0.717) is 59.1 Å². The molecule has 0 amide bonds. The van der Waals surface area contributed by atoms with Gasteiger partial charge in [-0.25, -0.2) is 9.97 Å². The Kier molecular flexibility index (Phi) is 5.47. The van der Waals surface area contributed by atoms with Crippen molar-refractivity contribution in [2.75, 3.05) is 0 Å². The third-order valence-corrected chi connectivity index (χ3v) is 6.31. The van der Waals surface area contributed by atoms with Gasteiger partial charge in [-0.1, -0.05) is 12.1 Å².